The molecule has 4 heteroatoms. The van der Waals surface area contributed by atoms with Gasteiger partial charge >= 0.3 is 0 Å². The largest absolute Gasteiger partial charge is 0.363 e. The van der Waals surface area contributed by atoms with Crippen LogP contribution in [0.15, 0.2) is 29.3 Å². The first-order chi connectivity index (χ1) is 8.83. The van der Waals surface area contributed by atoms with Crippen molar-refractivity contribution in [2.45, 2.75) is 25.7 Å². The molecule has 1 N–H and O–H groups in total. The van der Waals surface area contributed by atoms with E-state index in [1.54, 1.807) is 0 Å². The second-order valence-corrected chi connectivity index (χ2v) is 4.84. The molecule has 0 radical (unpaired) electrons. The van der Waals surface area contributed by atoms with Gasteiger partial charge in [-0.2, -0.15) is 4.99 Å². The van der Waals surface area contributed by atoms with Gasteiger partial charge in [0.25, 0.3) is 0 Å². The van der Waals surface area contributed by atoms with Crippen molar-refractivity contribution in [3.05, 3.63) is 24.3 Å². The minimum absolute atomic E-state index is 0.722. The normalized spacial score (nSPS) is 19.4. The quantitative estimate of drug-likeness (QED) is 0.835. The summed E-state index contributed by atoms with van der Waals surface area (Å²) >= 11 is 0. The van der Waals surface area contributed by atoms with E-state index in [4.69, 9.17) is 0 Å². The smallest absolute Gasteiger partial charge is 0.229 e. The second-order valence-electron chi connectivity index (χ2n) is 4.84. The van der Waals surface area contributed by atoms with Crippen LogP contribution in [0.25, 0.3) is 11.0 Å². The van der Waals surface area contributed by atoms with Gasteiger partial charge in [-0.05, 0) is 25.0 Å². The van der Waals surface area contributed by atoms with Gasteiger partial charge in [0.05, 0.1) is 11.0 Å². The minimum atomic E-state index is 0.722. The molecule has 94 valence electrons. The third-order valence-corrected chi connectivity index (χ3v) is 3.45. The Labute approximate surface area is 107 Å². The fourth-order valence-corrected chi connectivity index (χ4v) is 2.38. The zero-order valence-electron chi connectivity index (χ0n) is 10.7. The van der Waals surface area contributed by atoms with E-state index in [9.17, 15) is 0 Å². The van der Waals surface area contributed by atoms with Gasteiger partial charge in [-0.25, -0.2) is 4.98 Å². The molecule has 1 aromatic heterocycles. The number of rotatable bonds is 1. The number of aromatic nitrogens is 2. The summed E-state index contributed by atoms with van der Waals surface area (Å²) < 4.78 is 0. The molecule has 0 unspecified atom stereocenters. The van der Waals surface area contributed by atoms with E-state index in [0.29, 0.717) is 0 Å². The zero-order valence-corrected chi connectivity index (χ0v) is 10.7. The highest BCUT2D eigenvalue weighted by Crippen LogP contribution is 2.18. The summed E-state index contributed by atoms with van der Waals surface area (Å²) in [6, 6.07) is 8.04. The van der Waals surface area contributed by atoms with Crippen molar-refractivity contribution in [2.75, 3.05) is 13.6 Å². The lowest BCUT2D eigenvalue weighted by Gasteiger charge is -2.17. The molecule has 1 saturated heterocycles. The molecular formula is C14H18N4. The first kappa shape index (κ1) is 11.3. The van der Waals surface area contributed by atoms with Crippen molar-refractivity contribution in [3.8, 4) is 0 Å². The van der Waals surface area contributed by atoms with Crippen LogP contribution in [0.4, 0.5) is 5.95 Å². The van der Waals surface area contributed by atoms with Gasteiger partial charge in [0, 0.05) is 20.0 Å². The molecule has 1 aromatic carbocycles. The SMILES string of the molecule is CN1CCCCC/C1=N/c1nc2ccccc2[nH]1. The van der Waals surface area contributed by atoms with Gasteiger partial charge in [-0.3, -0.25) is 0 Å². The van der Waals surface area contributed by atoms with Crippen molar-refractivity contribution in [2.24, 2.45) is 4.99 Å². The number of amidine groups is 1. The Morgan fingerprint density at radius 1 is 1.22 bits per heavy atom. The number of aromatic amines is 1. The summed E-state index contributed by atoms with van der Waals surface area (Å²) in [6.07, 6.45) is 4.83. The minimum Gasteiger partial charge on any atom is -0.363 e. The van der Waals surface area contributed by atoms with Crippen molar-refractivity contribution in [1.29, 1.82) is 0 Å². The molecule has 4 nitrogen and oxygen atoms in total. The van der Waals surface area contributed by atoms with Gasteiger partial charge in [-0.1, -0.05) is 18.6 Å². The predicted molar refractivity (Wildman–Crippen MR) is 74.3 cm³/mol. The highest BCUT2D eigenvalue weighted by Gasteiger charge is 2.11. The summed E-state index contributed by atoms with van der Waals surface area (Å²) in [6.45, 7) is 1.10. The number of nitrogens with one attached hydrogen (secondary N) is 1. The molecule has 1 aliphatic rings. The molecule has 18 heavy (non-hydrogen) atoms. The molecule has 0 amide bonds. The van der Waals surface area contributed by atoms with Crippen molar-refractivity contribution < 1.29 is 0 Å². The summed E-state index contributed by atoms with van der Waals surface area (Å²) in [5.74, 6) is 1.87. The molecule has 0 bridgehead atoms. The molecule has 1 aliphatic heterocycles. The van der Waals surface area contributed by atoms with Crippen LogP contribution in [-0.2, 0) is 0 Å². The van der Waals surface area contributed by atoms with Crippen LogP contribution in [0.2, 0.25) is 0 Å². The topological polar surface area (TPSA) is 44.3 Å². The van der Waals surface area contributed by atoms with E-state index in [2.05, 4.69) is 26.9 Å². The van der Waals surface area contributed by atoms with Crippen LogP contribution >= 0.6 is 0 Å². The monoisotopic (exact) mass is 242 g/mol. The molecule has 0 saturated carbocycles. The highest BCUT2D eigenvalue weighted by atomic mass is 15.2. The van der Waals surface area contributed by atoms with Crippen LogP contribution in [0, 0.1) is 0 Å². The number of imidazole rings is 1. The molecule has 0 atom stereocenters. The third-order valence-electron chi connectivity index (χ3n) is 3.45. The summed E-state index contributed by atoms with van der Waals surface area (Å²) in [5, 5.41) is 0. The van der Waals surface area contributed by atoms with Crippen LogP contribution in [0.1, 0.15) is 25.7 Å². The number of aliphatic imine (C=N–C) groups is 1. The highest BCUT2D eigenvalue weighted by molar-refractivity contribution is 5.85. The summed E-state index contributed by atoms with van der Waals surface area (Å²) in [5.41, 5.74) is 2.03. The maximum absolute atomic E-state index is 4.67. The van der Waals surface area contributed by atoms with Gasteiger partial charge in [0.1, 0.15) is 5.84 Å². The number of nitrogens with zero attached hydrogens (tertiary/aromatic N) is 3. The Morgan fingerprint density at radius 2 is 2.11 bits per heavy atom. The van der Waals surface area contributed by atoms with Crippen molar-refractivity contribution in [1.82, 2.24) is 14.9 Å². The molecule has 0 aliphatic carbocycles. The number of likely N-dealkylation sites (tertiary alicyclic amines) is 1. The van der Waals surface area contributed by atoms with Crippen molar-refractivity contribution in [3.63, 3.8) is 0 Å². The number of benzene rings is 1. The Bertz CT molecular complexity index is 537. The first-order valence-electron chi connectivity index (χ1n) is 6.56. The molecule has 2 aromatic rings. The fraction of sp³-hybridized carbons (Fsp3) is 0.429. The number of para-hydroxylation sites is 2. The van der Waals surface area contributed by atoms with E-state index in [1.165, 1.54) is 19.3 Å². The van der Waals surface area contributed by atoms with Gasteiger partial charge in [0.15, 0.2) is 0 Å². The van der Waals surface area contributed by atoms with Gasteiger partial charge < -0.3 is 9.88 Å². The van der Waals surface area contributed by atoms with E-state index < -0.39 is 0 Å². The van der Waals surface area contributed by atoms with Gasteiger partial charge in [-0.15, -0.1) is 0 Å². The molecule has 0 spiro atoms. The number of H-pyrrole nitrogens is 1. The molecule has 1 fully saturated rings. The first-order valence-corrected chi connectivity index (χ1v) is 6.56. The van der Waals surface area contributed by atoms with Crippen LogP contribution < -0.4 is 0 Å². The summed E-state index contributed by atoms with van der Waals surface area (Å²) in [7, 11) is 2.12. The van der Waals surface area contributed by atoms with Gasteiger partial charge in [0.2, 0.25) is 5.95 Å². The average Bonchev–Trinajstić information content (AvgIpc) is 2.68. The van der Waals surface area contributed by atoms with Crippen LogP contribution in [-0.4, -0.2) is 34.3 Å². The Balaban J connectivity index is 1.93. The van der Waals surface area contributed by atoms with E-state index >= 15 is 0 Å². The Morgan fingerprint density at radius 3 is 3.00 bits per heavy atom. The lowest BCUT2D eigenvalue weighted by molar-refractivity contribution is 0.494. The van der Waals surface area contributed by atoms with E-state index in [1.807, 2.05) is 24.3 Å². The molecular weight excluding hydrogens is 224 g/mol. The zero-order chi connectivity index (χ0) is 12.4. The summed E-state index contributed by atoms with van der Waals surface area (Å²) in [4.78, 5) is 14.7. The maximum Gasteiger partial charge on any atom is 0.229 e. The average molecular weight is 242 g/mol. The maximum atomic E-state index is 4.67. The second kappa shape index (κ2) is 4.80. The lowest BCUT2D eigenvalue weighted by Crippen LogP contribution is -2.25. The van der Waals surface area contributed by atoms with Crippen molar-refractivity contribution >= 4 is 22.8 Å². The molecule has 3 rings (SSSR count). The van der Waals surface area contributed by atoms with E-state index in [-0.39, 0.29) is 0 Å². The number of fused-ring (bicyclic) bond motifs is 1. The number of hydrogen-bond donors (Lipinski definition) is 1. The Hall–Kier alpha value is -1.84. The van der Waals surface area contributed by atoms with E-state index in [0.717, 1.165) is 35.8 Å². The predicted octanol–water partition coefficient (Wildman–Crippen LogP) is 3.10. The fourth-order valence-electron chi connectivity index (χ4n) is 2.38. The third kappa shape index (κ3) is 2.23. The lowest BCUT2D eigenvalue weighted by atomic mass is 10.2. The van der Waals surface area contributed by atoms with Crippen LogP contribution in [0.5, 0.6) is 0 Å². The van der Waals surface area contributed by atoms with Crippen LogP contribution in [0.3, 0.4) is 0 Å². The Kier molecular flexibility index (Phi) is 3.00. The number of hydrogen-bond acceptors (Lipinski definition) is 2. The standard InChI is InChI=1S/C14H18N4/c1-18-10-6-2-3-9-13(18)17-14-15-11-7-4-5-8-12(11)16-14/h4-5,7-8H,2-3,6,9-10H2,1H3,(H,15,16)/b17-13-. The molecule has 2 heterocycles.